The number of para-hydroxylation sites is 1. The molecule has 4 nitrogen and oxygen atoms in total. The van der Waals surface area contributed by atoms with Crippen molar-refractivity contribution in [3.05, 3.63) is 48.9 Å². The summed E-state index contributed by atoms with van der Waals surface area (Å²) >= 11 is 1.43. The molecule has 0 radical (unpaired) electrons. The van der Waals surface area contributed by atoms with E-state index >= 15 is 0 Å². The van der Waals surface area contributed by atoms with Gasteiger partial charge >= 0.3 is 0 Å². The van der Waals surface area contributed by atoms with Crippen molar-refractivity contribution in [2.24, 2.45) is 0 Å². The lowest BCUT2D eigenvalue weighted by Gasteiger charge is -2.04. The van der Waals surface area contributed by atoms with Crippen LogP contribution in [0.5, 0.6) is 5.75 Å². The first-order valence-electron chi connectivity index (χ1n) is 5.09. The average molecular weight is 243 g/mol. The molecule has 0 fully saturated rings. The highest BCUT2D eigenvalue weighted by molar-refractivity contribution is 7.99. The van der Waals surface area contributed by atoms with Crippen molar-refractivity contribution in [1.29, 1.82) is 0 Å². The van der Waals surface area contributed by atoms with Crippen molar-refractivity contribution in [1.82, 2.24) is 14.6 Å². The molecule has 0 aliphatic rings. The predicted octanol–water partition coefficient (Wildman–Crippen LogP) is 2.59. The molecule has 0 aliphatic carbocycles. The smallest absolute Gasteiger partial charge is 0.129 e. The van der Waals surface area contributed by atoms with Crippen LogP contribution in [0.1, 0.15) is 0 Å². The van der Waals surface area contributed by atoms with Crippen LogP contribution in [0.25, 0.3) is 5.52 Å². The molecule has 1 aromatic carbocycles. The van der Waals surface area contributed by atoms with Crippen LogP contribution in [0.2, 0.25) is 0 Å². The monoisotopic (exact) mass is 243 g/mol. The third-order valence-electron chi connectivity index (χ3n) is 2.36. The number of fused-ring (bicyclic) bond motifs is 1. The number of rotatable bonds is 2. The second kappa shape index (κ2) is 4.10. The first-order valence-corrected chi connectivity index (χ1v) is 5.90. The van der Waals surface area contributed by atoms with Crippen molar-refractivity contribution in [2.45, 2.75) is 9.92 Å². The molecule has 0 saturated carbocycles. The van der Waals surface area contributed by atoms with Gasteiger partial charge in [-0.3, -0.25) is 0 Å². The molecule has 17 heavy (non-hydrogen) atoms. The minimum atomic E-state index is 0.265. The lowest BCUT2D eigenvalue weighted by Crippen LogP contribution is -1.90. The van der Waals surface area contributed by atoms with Crippen LogP contribution in [-0.2, 0) is 0 Å². The van der Waals surface area contributed by atoms with E-state index < -0.39 is 0 Å². The molecule has 2 heterocycles. The van der Waals surface area contributed by atoms with Gasteiger partial charge in [0.2, 0.25) is 0 Å². The molecule has 0 aliphatic heterocycles. The van der Waals surface area contributed by atoms with E-state index in [4.69, 9.17) is 0 Å². The lowest BCUT2D eigenvalue weighted by atomic mass is 10.3. The number of benzene rings is 1. The van der Waals surface area contributed by atoms with Crippen LogP contribution in [0, 0.1) is 0 Å². The first kappa shape index (κ1) is 10.2. The van der Waals surface area contributed by atoms with Gasteiger partial charge in [-0.25, -0.2) is 9.50 Å². The van der Waals surface area contributed by atoms with E-state index in [-0.39, 0.29) is 5.75 Å². The van der Waals surface area contributed by atoms with Gasteiger partial charge in [-0.05, 0) is 18.2 Å². The molecule has 0 atom stereocenters. The van der Waals surface area contributed by atoms with Gasteiger partial charge in [0, 0.05) is 12.4 Å². The quantitative estimate of drug-likeness (QED) is 0.751. The van der Waals surface area contributed by atoms with Crippen molar-refractivity contribution < 1.29 is 5.11 Å². The second-order valence-electron chi connectivity index (χ2n) is 3.46. The van der Waals surface area contributed by atoms with E-state index in [1.165, 1.54) is 11.8 Å². The molecule has 3 rings (SSSR count). The van der Waals surface area contributed by atoms with Crippen LogP contribution in [-0.4, -0.2) is 19.7 Å². The Morgan fingerprint density at radius 2 is 2.00 bits per heavy atom. The molecular weight excluding hydrogens is 234 g/mol. The van der Waals surface area contributed by atoms with Gasteiger partial charge in [0.25, 0.3) is 0 Å². The molecular formula is C12H9N3OS. The van der Waals surface area contributed by atoms with Crippen LogP contribution in [0.3, 0.4) is 0 Å². The molecule has 1 N–H and O–H groups in total. The Morgan fingerprint density at radius 3 is 2.88 bits per heavy atom. The van der Waals surface area contributed by atoms with E-state index in [1.54, 1.807) is 35.2 Å². The van der Waals surface area contributed by atoms with Crippen LogP contribution in [0.4, 0.5) is 0 Å². The van der Waals surface area contributed by atoms with E-state index in [0.717, 1.165) is 15.4 Å². The summed E-state index contributed by atoms with van der Waals surface area (Å²) in [5.41, 5.74) is 0.931. The van der Waals surface area contributed by atoms with Crippen molar-refractivity contribution >= 4 is 17.3 Å². The molecule has 0 unspecified atom stereocenters. The predicted molar refractivity (Wildman–Crippen MR) is 65.2 cm³/mol. The van der Waals surface area contributed by atoms with Gasteiger partial charge in [-0.1, -0.05) is 23.9 Å². The minimum absolute atomic E-state index is 0.265. The molecule has 0 amide bonds. The fourth-order valence-electron chi connectivity index (χ4n) is 1.56. The van der Waals surface area contributed by atoms with Crippen molar-refractivity contribution in [2.75, 3.05) is 0 Å². The van der Waals surface area contributed by atoms with E-state index in [0.29, 0.717) is 0 Å². The first-order chi connectivity index (χ1) is 8.34. The molecule has 0 spiro atoms. The summed E-state index contributed by atoms with van der Waals surface area (Å²) in [6, 6.07) is 9.11. The van der Waals surface area contributed by atoms with Gasteiger partial charge in [-0.2, -0.15) is 5.10 Å². The van der Waals surface area contributed by atoms with Crippen LogP contribution >= 0.6 is 11.8 Å². The van der Waals surface area contributed by atoms with Gasteiger partial charge in [0.15, 0.2) is 0 Å². The van der Waals surface area contributed by atoms with Gasteiger partial charge in [0.05, 0.1) is 16.6 Å². The molecule has 5 heteroatoms. The topological polar surface area (TPSA) is 50.4 Å². The molecule has 2 aromatic heterocycles. The van der Waals surface area contributed by atoms with E-state index in [2.05, 4.69) is 10.1 Å². The maximum Gasteiger partial charge on any atom is 0.129 e. The summed E-state index contributed by atoms with van der Waals surface area (Å²) in [6.07, 6.45) is 5.22. The van der Waals surface area contributed by atoms with Crippen molar-refractivity contribution in [3.63, 3.8) is 0 Å². The zero-order valence-corrected chi connectivity index (χ0v) is 9.63. The third-order valence-corrected chi connectivity index (χ3v) is 3.43. The normalized spacial score (nSPS) is 10.8. The van der Waals surface area contributed by atoms with Gasteiger partial charge < -0.3 is 5.11 Å². The lowest BCUT2D eigenvalue weighted by molar-refractivity contribution is 0.462. The Kier molecular flexibility index (Phi) is 2.45. The van der Waals surface area contributed by atoms with Crippen LogP contribution < -0.4 is 0 Å². The van der Waals surface area contributed by atoms with E-state index in [1.807, 2.05) is 18.2 Å². The summed E-state index contributed by atoms with van der Waals surface area (Å²) in [5.74, 6) is 0.265. The summed E-state index contributed by atoms with van der Waals surface area (Å²) in [5, 5.41) is 14.7. The maximum atomic E-state index is 9.72. The Labute approximate surface area is 102 Å². The highest BCUT2D eigenvalue weighted by Gasteiger charge is 2.07. The number of nitrogens with zero attached hydrogens (tertiary/aromatic N) is 3. The summed E-state index contributed by atoms with van der Waals surface area (Å²) in [7, 11) is 0. The Balaban J connectivity index is 2.06. The minimum Gasteiger partial charge on any atom is -0.507 e. The van der Waals surface area contributed by atoms with Gasteiger partial charge in [0.1, 0.15) is 10.8 Å². The Bertz CT molecular complexity index is 665. The largest absolute Gasteiger partial charge is 0.507 e. The van der Waals surface area contributed by atoms with Crippen molar-refractivity contribution in [3.8, 4) is 5.75 Å². The van der Waals surface area contributed by atoms with Crippen LogP contribution in [0.15, 0.2) is 58.8 Å². The SMILES string of the molecule is Oc1ccccc1Sc1nccn2nccc12. The van der Waals surface area contributed by atoms with Gasteiger partial charge in [-0.15, -0.1) is 0 Å². The molecule has 84 valence electrons. The summed E-state index contributed by atoms with van der Waals surface area (Å²) < 4.78 is 1.76. The summed E-state index contributed by atoms with van der Waals surface area (Å²) in [6.45, 7) is 0. The third kappa shape index (κ3) is 1.85. The number of phenols is 1. The number of phenolic OH excluding ortho intramolecular Hbond substituents is 1. The fourth-order valence-corrected chi connectivity index (χ4v) is 2.47. The molecule has 3 aromatic rings. The maximum absolute atomic E-state index is 9.72. The Morgan fingerprint density at radius 1 is 1.12 bits per heavy atom. The zero-order valence-electron chi connectivity index (χ0n) is 8.82. The molecule has 0 bridgehead atoms. The fraction of sp³-hybridized carbons (Fsp3) is 0. The number of hydrogen-bond acceptors (Lipinski definition) is 4. The average Bonchev–Trinajstić information content (AvgIpc) is 2.81. The number of aromatic nitrogens is 3. The molecule has 0 saturated heterocycles. The van der Waals surface area contributed by atoms with E-state index in [9.17, 15) is 5.11 Å². The highest BCUT2D eigenvalue weighted by Crippen LogP contribution is 2.34. The Hall–Kier alpha value is -2.01. The number of hydrogen-bond donors (Lipinski definition) is 1. The highest BCUT2D eigenvalue weighted by atomic mass is 32.2. The zero-order chi connectivity index (χ0) is 11.7. The number of aromatic hydroxyl groups is 1. The second-order valence-corrected chi connectivity index (χ2v) is 4.49. The summed E-state index contributed by atoms with van der Waals surface area (Å²) in [4.78, 5) is 5.09. The standard InChI is InChI=1S/C12H9N3OS/c16-10-3-1-2-4-11(10)17-12-9-5-6-14-15(9)8-7-13-12/h1-8,16H.